The fourth-order valence-corrected chi connectivity index (χ4v) is 0. The Kier molecular flexibility index (Phi) is 15.1. The van der Waals surface area contributed by atoms with Crippen molar-refractivity contribution in [3.63, 3.8) is 0 Å². The van der Waals surface area contributed by atoms with Crippen molar-refractivity contribution in [2.24, 2.45) is 0 Å². The molecule has 0 aromatic carbocycles. The summed E-state index contributed by atoms with van der Waals surface area (Å²) in [6, 6.07) is 0. The topological polar surface area (TPSA) is 60.7 Å². The third-order valence-electron chi connectivity index (χ3n) is 0. The molecule has 0 rings (SSSR count). The van der Waals surface area contributed by atoms with Gasteiger partial charge in [-0.25, -0.2) is 0 Å². The van der Waals surface area contributed by atoms with Crippen molar-refractivity contribution in [2.75, 3.05) is 0 Å². The quantitative estimate of drug-likeness (QED) is 0.588. The van der Waals surface area contributed by atoms with Gasteiger partial charge in [-0.3, -0.25) is 0 Å². The summed E-state index contributed by atoms with van der Waals surface area (Å²) in [6.07, 6.45) is 0. The molecule has 0 radical (unpaired) electrons. The molecule has 0 bridgehead atoms. The van der Waals surface area contributed by atoms with Gasteiger partial charge in [0.2, 0.25) is 0 Å². The second-order valence-corrected chi connectivity index (χ2v) is 6.51. The number of hydrogen-bond donors (Lipinski definition) is 3. The van der Waals surface area contributed by atoms with E-state index in [1.165, 1.54) is 0 Å². The molecular weight excluding hydrogens is 262 g/mol. The Bertz CT molecular complexity index is 91.3. The van der Waals surface area contributed by atoms with Gasteiger partial charge in [-0.1, -0.05) is 0 Å². The molecule has 16 heavy (non-hydrogen) atoms. The van der Waals surface area contributed by atoms with Crippen LogP contribution in [-0.2, 0) is 0 Å². The molecular formula is C12H33GaO3. The van der Waals surface area contributed by atoms with Gasteiger partial charge in [-0.05, 0) is 62.3 Å². The van der Waals surface area contributed by atoms with E-state index in [2.05, 4.69) is 0 Å². The molecule has 3 N–H and O–H groups in total. The Morgan fingerprint density at radius 3 is 0.438 bits per heavy atom. The van der Waals surface area contributed by atoms with Crippen LogP contribution in [0.4, 0.5) is 0 Å². The molecule has 0 heterocycles. The predicted molar refractivity (Wildman–Crippen MR) is 75.9 cm³/mol. The minimum absolute atomic E-state index is 0. The summed E-state index contributed by atoms with van der Waals surface area (Å²) in [6.45, 7) is 15.7. The molecule has 0 saturated carbocycles. The number of hydrogen-bond acceptors (Lipinski definition) is 3. The van der Waals surface area contributed by atoms with Gasteiger partial charge < -0.3 is 15.3 Å². The van der Waals surface area contributed by atoms with Crippen molar-refractivity contribution in [2.45, 2.75) is 79.1 Å². The van der Waals surface area contributed by atoms with Gasteiger partial charge in [0.1, 0.15) is 0 Å². The summed E-state index contributed by atoms with van der Waals surface area (Å²) in [5.74, 6) is 0. The van der Waals surface area contributed by atoms with Crippen molar-refractivity contribution >= 4 is 19.8 Å². The van der Waals surface area contributed by atoms with Crippen molar-refractivity contribution in [3.8, 4) is 0 Å². The van der Waals surface area contributed by atoms with Crippen molar-refractivity contribution in [1.82, 2.24) is 0 Å². The first kappa shape index (κ1) is 25.4. The van der Waals surface area contributed by atoms with E-state index in [4.69, 9.17) is 15.3 Å². The normalized spacial score (nSPS) is 11.2. The fraction of sp³-hybridized carbons (Fsp3) is 1.00. The van der Waals surface area contributed by atoms with E-state index in [-0.39, 0.29) is 19.8 Å². The summed E-state index contributed by atoms with van der Waals surface area (Å²) in [5.41, 5.74) is -1.50. The second-order valence-electron chi connectivity index (χ2n) is 6.51. The van der Waals surface area contributed by atoms with Crippen LogP contribution in [0, 0.1) is 0 Å². The summed E-state index contributed by atoms with van der Waals surface area (Å²) in [4.78, 5) is 0. The van der Waals surface area contributed by atoms with Gasteiger partial charge in [-0.2, -0.15) is 0 Å². The van der Waals surface area contributed by atoms with Crippen molar-refractivity contribution < 1.29 is 15.3 Å². The molecule has 0 unspecified atom stereocenters. The molecule has 3 nitrogen and oxygen atoms in total. The van der Waals surface area contributed by atoms with Crippen LogP contribution in [0.5, 0.6) is 0 Å². The van der Waals surface area contributed by atoms with Gasteiger partial charge in [0.25, 0.3) is 0 Å². The Balaban J connectivity index is -0.0000000655. The molecule has 0 amide bonds. The molecule has 0 aromatic heterocycles. The van der Waals surface area contributed by atoms with E-state index in [1.54, 1.807) is 62.3 Å². The first-order valence-electron chi connectivity index (χ1n) is 5.17. The summed E-state index contributed by atoms with van der Waals surface area (Å²) in [7, 11) is 0. The predicted octanol–water partition coefficient (Wildman–Crippen LogP) is 1.15. The molecule has 0 aliphatic rings. The zero-order valence-electron chi connectivity index (χ0n) is 11.8. The SMILES string of the molecule is CC(C)(C)O.CC(C)(C)O.CC(C)(C)O.[GaH3]. The van der Waals surface area contributed by atoms with Gasteiger partial charge in [0.15, 0.2) is 0 Å². The Morgan fingerprint density at radius 2 is 0.438 bits per heavy atom. The van der Waals surface area contributed by atoms with Gasteiger partial charge in [0.05, 0.1) is 16.8 Å². The molecule has 0 fully saturated rings. The van der Waals surface area contributed by atoms with Crippen molar-refractivity contribution in [3.05, 3.63) is 0 Å². The van der Waals surface area contributed by atoms with Crippen LogP contribution in [0.15, 0.2) is 0 Å². The average Bonchev–Trinajstić information content (AvgIpc) is 1.41. The van der Waals surface area contributed by atoms with E-state index in [0.29, 0.717) is 0 Å². The first-order chi connectivity index (χ1) is 6.00. The zero-order chi connectivity index (χ0) is 13.5. The molecule has 0 aliphatic carbocycles. The molecule has 4 heteroatoms. The molecule has 0 aliphatic heterocycles. The summed E-state index contributed by atoms with van der Waals surface area (Å²) >= 11 is 0. The maximum atomic E-state index is 8.52. The molecule has 0 saturated heterocycles. The third kappa shape index (κ3) is 9950. The van der Waals surface area contributed by atoms with E-state index in [1.807, 2.05) is 0 Å². The van der Waals surface area contributed by atoms with Crippen molar-refractivity contribution in [1.29, 1.82) is 0 Å². The van der Waals surface area contributed by atoms with Gasteiger partial charge in [0, 0.05) is 0 Å². The van der Waals surface area contributed by atoms with Gasteiger partial charge >= 0.3 is 19.8 Å². The molecule has 0 atom stereocenters. The van der Waals surface area contributed by atoms with Crippen LogP contribution in [-0.4, -0.2) is 51.9 Å². The van der Waals surface area contributed by atoms with Crippen LogP contribution in [0.1, 0.15) is 62.3 Å². The van der Waals surface area contributed by atoms with Crippen LogP contribution in [0.25, 0.3) is 0 Å². The third-order valence-corrected chi connectivity index (χ3v) is 0. The Hall–Kier alpha value is 0.516. The van der Waals surface area contributed by atoms with Crippen LogP contribution in [0.3, 0.4) is 0 Å². The van der Waals surface area contributed by atoms with Crippen LogP contribution in [0.2, 0.25) is 0 Å². The molecule has 102 valence electrons. The van der Waals surface area contributed by atoms with Gasteiger partial charge in [-0.15, -0.1) is 0 Å². The van der Waals surface area contributed by atoms with E-state index in [9.17, 15) is 0 Å². The first-order valence-corrected chi connectivity index (χ1v) is 5.17. The van der Waals surface area contributed by atoms with E-state index < -0.39 is 16.8 Å². The Morgan fingerprint density at radius 1 is 0.438 bits per heavy atom. The van der Waals surface area contributed by atoms with Crippen LogP contribution >= 0.6 is 0 Å². The average molecular weight is 295 g/mol. The van der Waals surface area contributed by atoms with E-state index in [0.717, 1.165) is 0 Å². The second kappa shape index (κ2) is 9.54. The monoisotopic (exact) mass is 294 g/mol. The number of aliphatic hydroxyl groups is 3. The van der Waals surface area contributed by atoms with E-state index >= 15 is 0 Å². The summed E-state index contributed by atoms with van der Waals surface area (Å²) in [5, 5.41) is 25.6. The standard InChI is InChI=1S/3C4H10O.Ga.3H/c3*1-4(2,3)5;;;;/h3*5H,1-3H3;;;;. The minimum atomic E-state index is -0.500. The number of rotatable bonds is 0. The molecule has 0 aromatic rings. The fourth-order valence-electron chi connectivity index (χ4n) is 0. The summed E-state index contributed by atoms with van der Waals surface area (Å²) < 4.78 is 0. The van der Waals surface area contributed by atoms with Crippen LogP contribution < -0.4 is 0 Å². The molecule has 0 spiro atoms. The zero-order valence-corrected chi connectivity index (χ0v) is 11.8. The Labute approximate surface area is 114 Å². The maximum absolute atomic E-state index is 8.52.